The summed E-state index contributed by atoms with van der Waals surface area (Å²) in [5.41, 5.74) is 6.71. The maximum absolute atomic E-state index is 3.30. The summed E-state index contributed by atoms with van der Waals surface area (Å²) in [7, 11) is 0. The van der Waals surface area contributed by atoms with E-state index in [0.717, 1.165) is 26.1 Å². The molecular weight excluding hydrogens is 304 g/mol. The summed E-state index contributed by atoms with van der Waals surface area (Å²) in [6, 6.07) is 17.2. The molecule has 0 spiro atoms. The van der Waals surface area contributed by atoms with E-state index >= 15 is 0 Å². The van der Waals surface area contributed by atoms with Crippen molar-refractivity contribution < 1.29 is 0 Å². The van der Waals surface area contributed by atoms with Crippen LogP contribution in [0.1, 0.15) is 23.1 Å². The van der Waals surface area contributed by atoms with Crippen LogP contribution in [-0.4, -0.2) is 29.5 Å². The maximum Gasteiger partial charge on any atom is 0.0460 e. The molecule has 25 heavy (non-hydrogen) atoms. The van der Waals surface area contributed by atoms with E-state index in [9.17, 15) is 0 Å². The van der Waals surface area contributed by atoms with Gasteiger partial charge in [0.1, 0.15) is 0 Å². The van der Waals surface area contributed by atoms with Crippen molar-refractivity contribution in [3.63, 3.8) is 0 Å². The number of aromatic nitrogens is 1. The van der Waals surface area contributed by atoms with Gasteiger partial charge in [-0.05, 0) is 47.7 Å². The summed E-state index contributed by atoms with van der Waals surface area (Å²) in [5.74, 6) is 0. The average Bonchev–Trinajstić information content (AvgIpc) is 3.14. The third-order valence-corrected chi connectivity index (χ3v) is 5.08. The van der Waals surface area contributed by atoms with Crippen molar-refractivity contribution >= 4 is 22.6 Å². The molecule has 0 amide bonds. The Morgan fingerprint density at radius 2 is 1.96 bits per heavy atom. The number of nitrogens with zero attached hydrogens (tertiary/aromatic N) is 1. The van der Waals surface area contributed by atoms with E-state index in [0.29, 0.717) is 0 Å². The van der Waals surface area contributed by atoms with Gasteiger partial charge in [-0.3, -0.25) is 4.90 Å². The van der Waals surface area contributed by atoms with Crippen LogP contribution in [0.3, 0.4) is 0 Å². The first-order chi connectivity index (χ1) is 12.3. The smallest absolute Gasteiger partial charge is 0.0460 e. The lowest BCUT2D eigenvalue weighted by Gasteiger charge is -2.25. The highest BCUT2D eigenvalue weighted by Gasteiger charge is 2.11. The van der Waals surface area contributed by atoms with E-state index < -0.39 is 0 Å². The number of rotatable bonds is 4. The van der Waals surface area contributed by atoms with Gasteiger partial charge in [0, 0.05) is 36.7 Å². The Morgan fingerprint density at radius 3 is 2.76 bits per heavy atom. The lowest BCUT2D eigenvalue weighted by molar-refractivity contribution is 0.335. The van der Waals surface area contributed by atoms with Crippen molar-refractivity contribution in [2.45, 2.75) is 13.3 Å². The first-order valence-corrected chi connectivity index (χ1v) is 9.01. The van der Waals surface area contributed by atoms with Crippen LogP contribution in [0.2, 0.25) is 0 Å². The van der Waals surface area contributed by atoms with Gasteiger partial charge in [0.15, 0.2) is 0 Å². The van der Waals surface area contributed by atoms with E-state index in [1.165, 1.54) is 33.2 Å². The number of hydrogen-bond donors (Lipinski definition) is 1. The Labute approximate surface area is 149 Å². The molecule has 0 fully saturated rings. The number of benzene rings is 2. The molecule has 2 nitrogen and oxygen atoms in total. The molecule has 1 aliphatic heterocycles. The van der Waals surface area contributed by atoms with Crippen molar-refractivity contribution in [2.24, 2.45) is 0 Å². The van der Waals surface area contributed by atoms with Crippen LogP contribution in [0, 0.1) is 6.92 Å². The predicted molar refractivity (Wildman–Crippen MR) is 108 cm³/mol. The van der Waals surface area contributed by atoms with E-state index in [1.807, 2.05) is 6.20 Å². The zero-order valence-corrected chi connectivity index (χ0v) is 14.7. The fraction of sp³-hybridized carbons (Fsp3) is 0.217. The van der Waals surface area contributed by atoms with Crippen molar-refractivity contribution in [3.05, 3.63) is 83.6 Å². The van der Waals surface area contributed by atoms with Crippen LogP contribution in [0.15, 0.2) is 66.9 Å². The highest BCUT2D eigenvalue weighted by atomic mass is 15.1. The highest BCUT2D eigenvalue weighted by Crippen LogP contribution is 2.24. The van der Waals surface area contributed by atoms with Crippen LogP contribution in [0.4, 0.5) is 0 Å². The van der Waals surface area contributed by atoms with Gasteiger partial charge in [-0.2, -0.15) is 0 Å². The number of hydrogen-bond acceptors (Lipinski definition) is 1. The fourth-order valence-corrected chi connectivity index (χ4v) is 3.60. The van der Waals surface area contributed by atoms with Gasteiger partial charge in [-0.1, -0.05) is 54.6 Å². The molecule has 0 atom stereocenters. The summed E-state index contributed by atoms with van der Waals surface area (Å²) in [5, 5.41) is 1.31. The molecule has 126 valence electrons. The van der Waals surface area contributed by atoms with Gasteiger partial charge in [0.2, 0.25) is 0 Å². The number of nitrogens with one attached hydrogen (secondary N) is 1. The van der Waals surface area contributed by atoms with Gasteiger partial charge in [-0.25, -0.2) is 0 Å². The molecule has 4 rings (SSSR count). The quantitative estimate of drug-likeness (QED) is 0.690. The molecule has 0 aliphatic carbocycles. The first kappa shape index (κ1) is 15.9. The number of aryl methyl sites for hydroxylation is 1. The van der Waals surface area contributed by atoms with Gasteiger partial charge >= 0.3 is 0 Å². The monoisotopic (exact) mass is 328 g/mol. The normalized spacial score (nSPS) is 15.8. The average molecular weight is 328 g/mol. The third kappa shape index (κ3) is 3.45. The minimum absolute atomic E-state index is 0.999. The maximum atomic E-state index is 3.30. The Bertz CT molecular complexity index is 916. The van der Waals surface area contributed by atoms with Gasteiger partial charge in [0.05, 0.1) is 0 Å². The lowest BCUT2D eigenvalue weighted by Crippen LogP contribution is -2.28. The molecule has 2 heterocycles. The van der Waals surface area contributed by atoms with Crippen molar-refractivity contribution in [1.29, 1.82) is 0 Å². The summed E-state index contributed by atoms with van der Waals surface area (Å²) >= 11 is 0. The Kier molecular flexibility index (Phi) is 4.53. The van der Waals surface area contributed by atoms with Crippen molar-refractivity contribution in [1.82, 2.24) is 9.88 Å². The zero-order chi connectivity index (χ0) is 17.1. The summed E-state index contributed by atoms with van der Waals surface area (Å²) in [6.45, 7) is 5.33. The van der Waals surface area contributed by atoms with E-state index in [1.54, 1.807) is 0 Å². The van der Waals surface area contributed by atoms with Gasteiger partial charge in [-0.15, -0.1) is 0 Å². The summed E-state index contributed by atoms with van der Waals surface area (Å²) in [4.78, 5) is 5.79. The number of fused-ring (bicyclic) bond motifs is 1. The Balaban J connectivity index is 1.42. The molecule has 1 aromatic heterocycles. The fourth-order valence-electron chi connectivity index (χ4n) is 3.60. The molecule has 0 unspecified atom stereocenters. The largest absolute Gasteiger partial charge is 0.361 e. The second-order valence-corrected chi connectivity index (χ2v) is 6.74. The van der Waals surface area contributed by atoms with Crippen LogP contribution in [0.25, 0.3) is 22.6 Å². The lowest BCUT2D eigenvalue weighted by atomic mass is 9.99. The highest BCUT2D eigenvalue weighted by molar-refractivity contribution is 5.89. The van der Waals surface area contributed by atoms with Crippen LogP contribution in [0.5, 0.6) is 0 Å². The molecular formula is C23H24N2. The second kappa shape index (κ2) is 7.12. The Morgan fingerprint density at radius 1 is 1.08 bits per heavy atom. The number of H-pyrrole nitrogens is 1. The molecule has 0 radical (unpaired) electrons. The number of aromatic amines is 1. The molecule has 1 N–H and O–H groups in total. The first-order valence-electron chi connectivity index (χ1n) is 9.01. The van der Waals surface area contributed by atoms with Crippen molar-refractivity contribution in [3.8, 4) is 0 Å². The van der Waals surface area contributed by atoms with E-state index in [2.05, 4.69) is 83.6 Å². The minimum atomic E-state index is 0.999. The third-order valence-electron chi connectivity index (χ3n) is 5.08. The zero-order valence-electron chi connectivity index (χ0n) is 14.7. The van der Waals surface area contributed by atoms with Crippen LogP contribution in [-0.2, 0) is 0 Å². The molecule has 3 aromatic rings. The molecule has 0 bridgehead atoms. The topological polar surface area (TPSA) is 19.0 Å². The molecule has 0 saturated carbocycles. The minimum Gasteiger partial charge on any atom is -0.361 e. The molecule has 2 aromatic carbocycles. The molecule has 1 aliphatic rings. The van der Waals surface area contributed by atoms with E-state index in [-0.39, 0.29) is 0 Å². The van der Waals surface area contributed by atoms with E-state index in [4.69, 9.17) is 0 Å². The second-order valence-electron chi connectivity index (χ2n) is 6.74. The molecule has 0 saturated heterocycles. The van der Waals surface area contributed by atoms with Crippen LogP contribution >= 0.6 is 0 Å². The predicted octanol–water partition coefficient (Wildman–Crippen LogP) is 5.28. The molecule has 2 heteroatoms. The van der Waals surface area contributed by atoms with Gasteiger partial charge in [0.25, 0.3) is 0 Å². The van der Waals surface area contributed by atoms with Crippen LogP contribution < -0.4 is 0 Å². The van der Waals surface area contributed by atoms with Crippen molar-refractivity contribution in [2.75, 3.05) is 19.6 Å². The van der Waals surface area contributed by atoms with Gasteiger partial charge < -0.3 is 4.98 Å². The standard InChI is InChI=1S/C23H24N2/c1-18-9-10-23-22(11-14-24-23)21(18)8-5-15-25-16-12-20(13-17-25)19-6-3-2-4-7-19/h2-12,14,24H,13,15-17H2,1H3. The Hall–Kier alpha value is -2.58. The summed E-state index contributed by atoms with van der Waals surface area (Å²) in [6.07, 6.45) is 10.1. The summed E-state index contributed by atoms with van der Waals surface area (Å²) < 4.78 is 0. The SMILES string of the molecule is Cc1ccc2[nH]ccc2c1C=CCN1CC=C(c2ccccc2)CC1.